The van der Waals surface area contributed by atoms with Crippen molar-refractivity contribution in [2.75, 3.05) is 0 Å². The highest BCUT2D eigenvalue weighted by Gasteiger charge is 1.97. The van der Waals surface area contributed by atoms with Crippen LogP contribution in [0, 0.1) is 0 Å². The first-order valence-corrected chi connectivity index (χ1v) is 5.11. The molecule has 2 N–H and O–H groups in total. The first-order valence-electron chi connectivity index (χ1n) is 5.11. The minimum absolute atomic E-state index is 0.368. The predicted octanol–water partition coefficient (Wildman–Crippen LogP) is 2.93. The molecule has 0 spiro atoms. The zero-order chi connectivity index (χ0) is 11.7. The maximum Gasteiger partial charge on any atom is 0.248 e. The lowest BCUT2D eigenvalue weighted by molar-refractivity contribution is 0.100. The fourth-order valence-corrected chi connectivity index (χ4v) is 0.905. The van der Waals surface area contributed by atoms with Crippen molar-refractivity contribution in [1.82, 2.24) is 0 Å². The molecule has 0 aliphatic heterocycles. The minimum Gasteiger partial charge on any atom is -0.366 e. The van der Waals surface area contributed by atoms with Gasteiger partial charge in [-0.15, -0.1) is 0 Å². The van der Waals surface area contributed by atoms with Gasteiger partial charge in [-0.2, -0.15) is 0 Å². The van der Waals surface area contributed by atoms with Gasteiger partial charge in [0.15, 0.2) is 0 Å². The Morgan fingerprint density at radius 1 is 1.20 bits per heavy atom. The molecule has 2 heteroatoms. The number of nitrogens with two attached hydrogens (primary N) is 1. The van der Waals surface area contributed by atoms with Crippen molar-refractivity contribution in [2.45, 2.75) is 27.2 Å². The molecule has 0 saturated heterocycles. The number of carbonyl (C=O) groups excluding carboxylic acids is 1. The van der Waals surface area contributed by atoms with E-state index in [0.29, 0.717) is 5.56 Å². The minimum atomic E-state index is -0.368. The number of allylic oxidation sites excluding steroid dienone is 2. The maximum atomic E-state index is 10.6. The number of hydrogen-bond acceptors (Lipinski definition) is 1. The van der Waals surface area contributed by atoms with Gasteiger partial charge in [0.05, 0.1) is 0 Å². The third-order valence-electron chi connectivity index (χ3n) is 1.98. The van der Waals surface area contributed by atoms with Gasteiger partial charge in [-0.25, -0.2) is 0 Å². The summed E-state index contributed by atoms with van der Waals surface area (Å²) in [6, 6.07) is 7.34. The van der Waals surface area contributed by atoms with Gasteiger partial charge in [0.25, 0.3) is 0 Å². The summed E-state index contributed by atoms with van der Waals surface area (Å²) < 4.78 is 0. The molecule has 82 valence electrons. The van der Waals surface area contributed by atoms with Crippen LogP contribution in [0.2, 0.25) is 0 Å². The Bertz CT molecular complexity index is 308. The standard InChI is InChI=1S/C9H11NO.C4H8/c1-2-7-3-5-8(6-4-7)9(10)11;1-3-4-2/h3-6H,2H2,1H3,(H2,10,11);3-4H,1-2H3/b;4-3-. The number of benzene rings is 1. The number of rotatable bonds is 2. The lowest BCUT2D eigenvalue weighted by Gasteiger charge is -1.96. The number of primary amides is 1. The van der Waals surface area contributed by atoms with E-state index in [4.69, 9.17) is 5.73 Å². The first kappa shape index (κ1) is 13.4. The van der Waals surface area contributed by atoms with Crippen molar-refractivity contribution in [1.29, 1.82) is 0 Å². The van der Waals surface area contributed by atoms with Crippen LogP contribution in [0.4, 0.5) is 0 Å². The summed E-state index contributed by atoms with van der Waals surface area (Å²) in [6.45, 7) is 6.07. The first-order chi connectivity index (χ1) is 7.15. The molecule has 1 aromatic rings. The Morgan fingerprint density at radius 3 is 1.93 bits per heavy atom. The molecule has 0 unspecified atom stereocenters. The Labute approximate surface area is 91.8 Å². The normalized spacial score (nSPS) is 9.53. The van der Waals surface area contributed by atoms with Crippen LogP contribution in [0.25, 0.3) is 0 Å². The van der Waals surface area contributed by atoms with Crippen LogP contribution >= 0.6 is 0 Å². The van der Waals surface area contributed by atoms with E-state index in [0.717, 1.165) is 6.42 Å². The Hall–Kier alpha value is -1.57. The molecule has 0 saturated carbocycles. The van der Waals surface area contributed by atoms with Gasteiger partial charge in [-0.1, -0.05) is 31.2 Å². The molecule has 0 aliphatic carbocycles. The van der Waals surface area contributed by atoms with E-state index in [-0.39, 0.29) is 5.91 Å². The second kappa shape index (κ2) is 7.80. The van der Waals surface area contributed by atoms with Crippen molar-refractivity contribution in [3.8, 4) is 0 Å². The van der Waals surface area contributed by atoms with E-state index in [2.05, 4.69) is 6.92 Å². The molecule has 0 fully saturated rings. The summed E-state index contributed by atoms with van der Waals surface area (Å²) in [4.78, 5) is 10.6. The van der Waals surface area contributed by atoms with Crippen molar-refractivity contribution in [3.63, 3.8) is 0 Å². The van der Waals surface area contributed by atoms with Crippen LogP contribution in [-0.2, 0) is 6.42 Å². The summed E-state index contributed by atoms with van der Waals surface area (Å²) in [5, 5.41) is 0. The van der Waals surface area contributed by atoms with Crippen molar-refractivity contribution in [2.24, 2.45) is 5.73 Å². The van der Waals surface area contributed by atoms with Crippen LogP contribution in [0.3, 0.4) is 0 Å². The van der Waals surface area contributed by atoms with Crippen LogP contribution in [0.1, 0.15) is 36.7 Å². The van der Waals surface area contributed by atoms with Crippen LogP contribution in [0.15, 0.2) is 36.4 Å². The molecule has 0 radical (unpaired) electrons. The molecular formula is C13H19NO. The summed E-state index contributed by atoms with van der Waals surface area (Å²) in [6.07, 6.45) is 4.99. The largest absolute Gasteiger partial charge is 0.366 e. The molecule has 0 atom stereocenters. The molecule has 0 aliphatic rings. The highest BCUT2D eigenvalue weighted by Crippen LogP contribution is 2.03. The monoisotopic (exact) mass is 205 g/mol. The quantitative estimate of drug-likeness (QED) is 0.741. The van der Waals surface area contributed by atoms with Crippen molar-refractivity contribution >= 4 is 5.91 Å². The van der Waals surface area contributed by atoms with E-state index in [1.807, 2.05) is 38.1 Å². The molecule has 0 aromatic heterocycles. The third kappa shape index (κ3) is 5.68. The van der Waals surface area contributed by atoms with E-state index < -0.39 is 0 Å². The second-order valence-electron chi connectivity index (χ2n) is 3.08. The molecule has 0 bridgehead atoms. The fourth-order valence-electron chi connectivity index (χ4n) is 0.905. The fraction of sp³-hybridized carbons (Fsp3) is 0.308. The van der Waals surface area contributed by atoms with Crippen LogP contribution in [0.5, 0.6) is 0 Å². The summed E-state index contributed by atoms with van der Waals surface area (Å²) >= 11 is 0. The SMILES string of the molecule is C/C=C\C.CCc1ccc(C(N)=O)cc1. The maximum absolute atomic E-state index is 10.6. The number of carbonyl (C=O) groups is 1. The van der Waals surface area contributed by atoms with E-state index in [1.54, 1.807) is 12.1 Å². The van der Waals surface area contributed by atoms with E-state index in [9.17, 15) is 4.79 Å². The van der Waals surface area contributed by atoms with E-state index in [1.165, 1.54) is 5.56 Å². The average Bonchev–Trinajstić information content (AvgIpc) is 2.29. The zero-order valence-electron chi connectivity index (χ0n) is 9.66. The highest BCUT2D eigenvalue weighted by molar-refractivity contribution is 5.92. The average molecular weight is 205 g/mol. The molecule has 15 heavy (non-hydrogen) atoms. The Morgan fingerprint density at radius 2 is 1.67 bits per heavy atom. The molecule has 0 heterocycles. The predicted molar refractivity (Wildman–Crippen MR) is 64.8 cm³/mol. The number of amides is 1. The Kier molecular flexibility index (Phi) is 6.98. The molecule has 2 nitrogen and oxygen atoms in total. The van der Waals surface area contributed by atoms with Crippen molar-refractivity contribution < 1.29 is 4.79 Å². The molecule has 1 aromatic carbocycles. The zero-order valence-corrected chi connectivity index (χ0v) is 9.66. The van der Waals surface area contributed by atoms with Gasteiger partial charge in [-0.05, 0) is 38.0 Å². The smallest absolute Gasteiger partial charge is 0.248 e. The van der Waals surface area contributed by atoms with Gasteiger partial charge < -0.3 is 5.73 Å². The van der Waals surface area contributed by atoms with Gasteiger partial charge in [0.2, 0.25) is 5.91 Å². The van der Waals surface area contributed by atoms with Gasteiger partial charge >= 0.3 is 0 Å². The summed E-state index contributed by atoms with van der Waals surface area (Å²) in [7, 11) is 0. The van der Waals surface area contributed by atoms with Gasteiger partial charge in [0.1, 0.15) is 0 Å². The lowest BCUT2D eigenvalue weighted by atomic mass is 10.1. The molecule has 1 amide bonds. The number of aryl methyl sites for hydroxylation is 1. The van der Waals surface area contributed by atoms with Gasteiger partial charge in [-0.3, -0.25) is 4.79 Å². The summed E-state index contributed by atoms with van der Waals surface area (Å²) in [5.74, 6) is -0.368. The second-order valence-corrected chi connectivity index (χ2v) is 3.08. The summed E-state index contributed by atoms with van der Waals surface area (Å²) in [5.41, 5.74) is 6.86. The number of hydrogen-bond donors (Lipinski definition) is 1. The van der Waals surface area contributed by atoms with Crippen LogP contribution < -0.4 is 5.73 Å². The topological polar surface area (TPSA) is 43.1 Å². The van der Waals surface area contributed by atoms with Crippen molar-refractivity contribution in [3.05, 3.63) is 47.5 Å². The highest BCUT2D eigenvalue weighted by atomic mass is 16.1. The van der Waals surface area contributed by atoms with Crippen LogP contribution in [-0.4, -0.2) is 5.91 Å². The molecule has 1 rings (SSSR count). The Balaban J connectivity index is 0.000000423. The van der Waals surface area contributed by atoms with Gasteiger partial charge in [0, 0.05) is 5.56 Å². The third-order valence-corrected chi connectivity index (χ3v) is 1.98. The lowest BCUT2D eigenvalue weighted by Crippen LogP contribution is -2.10. The van der Waals surface area contributed by atoms with E-state index >= 15 is 0 Å². The molecular weight excluding hydrogens is 186 g/mol.